The number of nitrogens with zero attached hydrogens (tertiary/aromatic N) is 1. The van der Waals surface area contributed by atoms with E-state index in [1.807, 2.05) is 4.90 Å². The van der Waals surface area contributed by atoms with Crippen molar-refractivity contribution in [2.45, 2.75) is 37.3 Å². The number of ether oxygens (including phenoxy) is 1. The van der Waals surface area contributed by atoms with Crippen LogP contribution in [0.15, 0.2) is 30.3 Å². The first-order chi connectivity index (χ1) is 14.1. The van der Waals surface area contributed by atoms with Crippen molar-refractivity contribution in [3.8, 4) is 0 Å². The Bertz CT molecular complexity index is 646. The predicted octanol–water partition coefficient (Wildman–Crippen LogP) is 2.87. The Morgan fingerprint density at radius 1 is 1.00 bits per heavy atom. The number of rotatable bonds is 9. The van der Waals surface area contributed by atoms with E-state index in [9.17, 15) is 31.1 Å². The third-order valence-electron chi connectivity index (χ3n) is 4.81. The van der Waals surface area contributed by atoms with Crippen molar-refractivity contribution < 1.29 is 35.9 Å². The Labute approximate surface area is 170 Å². The SMILES string of the molecule is O=C(CCc1ccccc1)NC(NCCCN1CCOCC1)(C(F)(F)F)C(F)(F)F. The number of nitrogens with one attached hydrogen (secondary N) is 2. The minimum atomic E-state index is -5.77. The second kappa shape index (κ2) is 10.5. The number of aryl methyl sites for hydroxylation is 1. The largest absolute Gasteiger partial charge is 0.434 e. The highest BCUT2D eigenvalue weighted by atomic mass is 19.4. The molecule has 1 aliphatic rings. The van der Waals surface area contributed by atoms with Gasteiger partial charge >= 0.3 is 12.4 Å². The summed E-state index contributed by atoms with van der Waals surface area (Å²) in [5.74, 6) is -1.34. The number of benzene rings is 1. The van der Waals surface area contributed by atoms with Crippen LogP contribution in [0.5, 0.6) is 0 Å². The number of hydrogen-bond donors (Lipinski definition) is 2. The molecule has 1 aliphatic heterocycles. The van der Waals surface area contributed by atoms with Crippen molar-refractivity contribution >= 4 is 5.91 Å². The highest BCUT2D eigenvalue weighted by Gasteiger charge is 2.71. The molecule has 1 aromatic carbocycles. The fraction of sp³-hybridized carbons (Fsp3) is 0.632. The fourth-order valence-corrected chi connectivity index (χ4v) is 3.12. The van der Waals surface area contributed by atoms with Crippen molar-refractivity contribution in [1.82, 2.24) is 15.5 Å². The molecule has 0 radical (unpaired) electrons. The van der Waals surface area contributed by atoms with Gasteiger partial charge < -0.3 is 10.1 Å². The van der Waals surface area contributed by atoms with Crippen LogP contribution in [-0.2, 0) is 16.0 Å². The van der Waals surface area contributed by atoms with Gasteiger partial charge in [0.1, 0.15) is 0 Å². The maximum atomic E-state index is 13.6. The highest BCUT2D eigenvalue weighted by molar-refractivity contribution is 5.77. The van der Waals surface area contributed by atoms with Gasteiger partial charge in [0.05, 0.1) is 13.2 Å². The Morgan fingerprint density at radius 3 is 2.17 bits per heavy atom. The predicted molar refractivity (Wildman–Crippen MR) is 97.6 cm³/mol. The van der Waals surface area contributed by atoms with Gasteiger partial charge in [0, 0.05) is 19.5 Å². The summed E-state index contributed by atoms with van der Waals surface area (Å²) in [7, 11) is 0. The van der Waals surface area contributed by atoms with E-state index >= 15 is 0 Å². The Kier molecular flexibility index (Phi) is 8.51. The molecule has 1 saturated heterocycles. The van der Waals surface area contributed by atoms with E-state index < -0.39 is 36.9 Å². The average Bonchev–Trinajstić information content (AvgIpc) is 2.68. The van der Waals surface area contributed by atoms with Gasteiger partial charge in [0.15, 0.2) is 0 Å². The van der Waals surface area contributed by atoms with Crippen molar-refractivity contribution in [2.24, 2.45) is 0 Å². The lowest BCUT2D eigenvalue weighted by Crippen LogP contribution is -2.75. The van der Waals surface area contributed by atoms with Gasteiger partial charge in [-0.3, -0.25) is 15.0 Å². The molecule has 0 spiro atoms. The normalized spacial score (nSPS) is 16.5. The van der Waals surface area contributed by atoms with E-state index in [1.165, 1.54) is 5.32 Å². The van der Waals surface area contributed by atoms with Gasteiger partial charge in [-0.25, -0.2) is 0 Å². The summed E-state index contributed by atoms with van der Waals surface area (Å²) in [5.41, 5.74) is -3.87. The van der Waals surface area contributed by atoms with Crippen LogP contribution in [0.3, 0.4) is 0 Å². The molecule has 0 atom stereocenters. The van der Waals surface area contributed by atoms with E-state index in [0.717, 1.165) is 0 Å². The zero-order chi connectivity index (χ0) is 22.3. The zero-order valence-corrected chi connectivity index (χ0v) is 16.3. The summed E-state index contributed by atoms with van der Waals surface area (Å²) in [6, 6.07) is 8.32. The second-order valence-electron chi connectivity index (χ2n) is 7.01. The highest BCUT2D eigenvalue weighted by Crippen LogP contribution is 2.41. The van der Waals surface area contributed by atoms with Crippen molar-refractivity contribution in [3.05, 3.63) is 35.9 Å². The molecule has 1 amide bonds. The molecule has 0 unspecified atom stereocenters. The lowest BCUT2D eigenvalue weighted by molar-refractivity contribution is -0.315. The Balaban J connectivity index is 2.01. The number of carbonyl (C=O) groups is 1. The van der Waals surface area contributed by atoms with Gasteiger partial charge in [-0.15, -0.1) is 0 Å². The molecule has 0 aromatic heterocycles. The topological polar surface area (TPSA) is 53.6 Å². The Morgan fingerprint density at radius 2 is 1.60 bits per heavy atom. The van der Waals surface area contributed by atoms with E-state index in [4.69, 9.17) is 4.74 Å². The number of halogens is 6. The number of carbonyl (C=O) groups excluding carboxylic acids is 1. The van der Waals surface area contributed by atoms with Gasteiger partial charge in [0.25, 0.3) is 5.66 Å². The van der Waals surface area contributed by atoms with E-state index in [0.29, 0.717) is 38.4 Å². The minimum absolute atomic E-state index is 0.0233. The molecule has 1 aromatic rings. The summed E-state index contributed by atoms with van der Waals surface area (Å²) in [6.45, 7) is 1.83. The maximum absolute atomic E-state index is 13.6. The monoisotopic (exact) mass is 441 g/mol. The molecule has 1 fully saturated rings. The van der Waals surface area contributed by atoms with Gasteiger partial charge in [-0.2, -0.15) is 26.3 Å². The van der Waals surface area contributed by atoms with Crippen LogP contribution < -0.4 is 10.6 Å². The third-order valence-corrected chi connectivity index (χ3v) is 4.81. The molecule has 2 rings (SSSR count). The summed E-state index contributed by atoms with van der Waals surface area (Å²) in [5, 5.41) is 2.73. The molecule has 0 saturated carbocycles. The third kappa shape index (κ3) is 6.58. The van der Waals surface area contributed by atoms with Crippen molar-refractivity contribution in [2.75, 3.05) is 39.4 Å². The smallest absolute Gasteiger partial charge is 0.379 e. The molecule has 30 heavy (non-hydrogen) atoms. The first kappa shape index (κ1) is 24.4. The quantitative estimate of drug-likeness (QED) is 0.352. The minimum Gasteiger partial charge on any atom is -0.379 e. The Hall–Kier alpha value is -1.85. The van der Waals surface area contributed by atoms with Crippen LogP contribution in [0.1, 0.15) is 18.4 Å². The first-order valence-corrected chi connectivity index (χ1v) is 9.59. The van der Waals surface area contributed by atoms with Gasteiger partial charge in [-0.1, -0.05) is 30.3 Å². The number of hydrogen-bond acceptors (Lipinski definition) is 4. The van der Waals surface area contributed by atoms with Crippen LogP contribution in [0.25, 0.3) is 0 Å². The maximum Gasteiger partial charge on any atom is 0.434 e. The van der Waals surface area contributed by atoms with Crippen LogP contribution >= 0.6 is 0 Å². The number of amides is 1. The van der Waals surface area contributed by atoms with E-state index in [2.05, 4.69) is 0 Å². The standard InChI is InChI=1S/C19H25F6N3O2/c20-18(21,22)17(19(23,24)25,26-9-4-10-28-11-13-30-14-12-28)27-16(29)8-7-15-5-2-1-3-6-15/h1-3,5-6,26H,4,7-14H2,(H,27,29). The van der Waals surface area contributed by atoms with E-state index in [-0.39, 0.29) is 12.8 Å². The van der Waals surface area contributed by atoms with Crippen LogP contribution in [0, 0.1) is 0 Å². The lowest BCUT2D eigenvalue weighted by Gasteiger charge is -2.38. The molecular weight excluding hydrogens is 416 g/mol. The molecule has 11 heteroatoms. The lowest BCUT2D eigenvalue weighted by atomic mass is 10.1. The molecule has 170 valence electrons. The summed E-state index contributed by atoms with van der Waals surface area (Å²) in [6.07, 6.45) is -12.0. The fourth-order valence-electron chi connectivity index (χ4n) is 3.12. The molecule has 1 heterocycles. The number of morpholine rings is 1. The first-order valence-electron chi connectivity index (χ1n) is 9.59. The number of alkyl halides is 6. The summed E-state index contributed by atoms with van der Waals surface area (Å²) < 4.78 is 86.5. The molecular formula is C19H25F6N3O2. The van der Waals surface area contributed by atoms with Gasteiger partial charge in [0.2, 0.25) is 5.91 Å². The van der Waals surface area contributed by atoms with Crippen molar-refractivity contribution in [3.63, 3.8) is 0 Å². The summed E-state index contributed by atoms with van der Waals surface area (Å²) >= 11 is 0. The van der Waals surface area contributed by atoms with Crippen LogP contribution in [0.4, 0.5) is 26.3 Å². The molecule has 0 aliphatic carbocycles. The van der Waals surface area contributed by atoms with Crippen LogP contribution in [0.2, 0.25) is 0 Å². The molecule has 2 N–H and O–H groups in total. The van der Waals surface area contributed by atoms with E-state index in [1.54, 1.807) is 35.6 Å². The summed E-state index contributed by atoms with van der Waals surface area (Å²) in [4.78, 5) is 13.9. The average molecular weight is 441 g/mol. The molecule has 5 nitrogen and oxygen atoms in total. The van der Waals surface area contributed by atoms with Crippen LogP contribution in [-0.4, -0.2) is 68.2 Å². The molecule has 0 bridgehead atoms. The van der Waals surface area contributed by atoms with Crippen molar-refractivity contribution in [1.29, 1.82) is 0 Å². The second-order valence-corrected chi connectivity index (χ2v) is 7.01. The van der Waals surface area contributed by atoms with Gasteiger partial charge in [-0.05, 0) is 31.5 Å². The zero-order valence-electron chi connectivity index (χ0n) is 16.3.